The van der Waals surface area contributed by atoms with E-state index in [9.17, 15) is 9.90 Å². The molecule has 1 fully saturated rings. The summed E-state index contributed by atoms with van der Waals surface area (Å²) in [6.07, 6.45) is 0.0119. The van der Waals surface area contributed by atoms with Gasteiger partial charge in [0.15, 0.2) is 0 Å². The van der Waals surface area contributed by atoms with E-state index in [1.54, 1.807) is 0 Å². The molecule has 2 aromatic carbocycles. The molecule has 2 heterocycles. The standard InChI is InChI=1S/C25H26NO4S.Y/c27-24(13-18-5-2-1-3-6-18)19-8-10-21(11-9-19)30-15-20-14-26-25(28)23(20)17-29-16-22-7-4-12-31-22;/h1-11,20,23-24,27H,13-17H2,(H,26,28);/q-1;/t20-,23-,24?;/m1./s1. The number of carbonyl (C=O) groups is 1. The second kappa shape index (κ2) is 12.6. The first-order valence-corrected chi connectivity index (χ1v) is 11.3. The quantitative estimate of drug-likeness (QED) is 0.396. The van der Waals surface area contributed by atoms with Gasteiger partial charge in [-0.05, 0) is 23.3 Å². The van der Waals surface area contributed by atoms with E-state index in [1.165, 1.54) is 11.3 Å². The molecule has 4 rings (SSSR count). The van der Waals surface area contributed by atoms with Crippen molar-refractivity contribution in [1.82, 2.24) is 5.32 Å². The molecule has 1 unspecified atom stereocenters. The fourth-order valence-corrected chi connectivity index (χ4v) is 4.25. The van der Waals surface area contributed by atoms with Gasteiger partial charge in [0.25, 0.3) is 0 Å². The van der Waals surface area contributed by atoms with Crippen LogP contribution in [0, 0.1) is 17.2 Å². The van der Waals surface area contributed by atoms with E-state index in [-0.39, 0.29) is 50.5 Å². The van der Waals surface area contributed by atoms with Crippen molar-refractivity contribution in [1.29, 1.82) is 0 Å². The van der Waals surface area contributed by atoms with Crippen LogP contribution in [0.25, 0.3) is 0 Å². The molecular weight excluding hydrogens is 499 g/mol. The zero-order valence-corrected chi connectivity index (χ0v) is 21.4. The zero-order chi connectivity index (χ0) is 21.5. The molecule has 5 nitrogen and oxygen atoms in total. The van der Waals surface area contributed by atoms with Gasteiger partial charge in [-0.2, -0.15) is 12.1 Å². The molecule has 7 heteroatoms. The van der Waals surface area contributed by atoms with E-state index >= 15 is 0 Å². The van der Waals surface area contributed by atoms with Gasteiger partial charge < -0.3 is 19.9 Å². The SMILES string of the molecule is O=C1NC[C@H](COc2ccc(C(O)Cc3ccccc3)cc2)[C@H]1COCc1cc[c-]s1.[Y]. The number of aliphatic hydroxyl groups is 1. The summed E-state index contributed by atoms with van der Waals surface area (Å²) < 4.78 is 11.7. The van der Waals surface area contributed by atoms with Crippen LogP contribution in [0.5, 0.6) is 5.75 Å². The molecule has 1 aliphatic rings. The molecule has 1 amide bonds. The van der Waals surface area contributed by atoms with Crippen LogP contribution >= 0.6 is 11.3 Å². The van der Waals surface area contributed by atoms with E-state index in [2.05, 4.69) is 10.7 Å². The molecule has 3 aromatic rings. The number of nitrogens with one attached hydrogen (secondary N) is 1. The number of aliphatic hydroxyl groups excluding tert-OH is 1. The molecule has 2 N–H and O–H groups in total. The van der Waals surface area contributed by atoms with Crippen LogP contribution in [0.3, 0.4) is 0 Å². The minimum atomic E-state index is -0.560. The van der Waals surface area contributed by atoms with Crippen LogP contribution < -0.4 is 10.1 Å². The van der Waals surface area contributed by atoms with Crippen molar-refractivity contribution in [2.45, 2.75) is 19.1 Å². The summed E-state index contributed by atoms with van der Waals surface area (Å²) in [5.41, 5.74) is 1.95. The molecule has 165 valence electrons. The summed E-state index contributed by atoms with van der Waals surface area (Å²) in [5, 5.41) is 16.4. The summed E-state index contributed by atoms with van der Waals surface area (Å²) in [4.78, 5) is 13.3. The predicted octanol–water partition coefficient (Wildman–Crippen LogP) is 3.78. The molecule has 0 bridgehead atoms. The Labute approximate surface area is 218 Å². The monoisotopic (exact) mass is 525 g/mol. The number of ether oxygens (including phenoxy) is 2. The molecule has 0 aliphatic carbocycles. The number of rotatable bonds is 10. The summed E-state index contributed by atoms with van der Waals surface area (Å²) in [7, 11) is 0. The number of hydrogen-bond donors (Lipinski definition) is 2. The zero-order valence-electron chi connectivity index (χ0n) is 17.8. The van der Waals surface area contributed by atoms with E-state index < -0.39 is 6.10 Å². The molecule has 1 saturated heterocycles. The first kappa shape index (κ1) is 25.1. The van der Waals surface area contributed by atoms with Crippen LogP contribution in [0.1, 0.15) is 22.1 Å². The number of hydrogen-bond acceptors (Lipinski definition) is 5. The fourth-order valence-electron chi connectivity index (χ4n) is 3.69. The van der Waals surface area contributed by atoms with Gasteiger partial charge in [-0.3, -0.25) is 16.1 Å². The van der Waals surface area contributed by atoms with Gasteiger partial charge in [-0.1, -0.05) is 42.5 Å². The second-order valence-electron chi connectivity index (χ2n) is 7.73. The Hall–Kier alpha value is -1.57. The Kier molecular flexibility index (Phi) is 9.88. The minimum absolute atomic E-state index is 0. The van der Waals surface area contributed by atoms with Crippen LogP contribution in [0.2, 0.25) is 0 Å². The van der Waals surface area contributed by atoms with Crippen LogP contribution in [0.4, 0.5) is 0 Å². The third-order valence-electron chi connectivity index (χ3n) is 5.51. The third-order valence-corrected chi connectivity index (χ3v) is 6.28. The normalized spacial score (nSPS) is 18.6. The van der Waals surface area contributed by atoms with E-state index in [1.807, 2.05) is 66.7 Å². The molecule has 1 radical (unpaired) electrons. The maximum absolute atomic E-state index is 12.2. The molecule has 1 aromatic heterocycles. The van der Waals surface area contributed by atoms with Crippen LogP contribution in [-0.2, 0) is 55.3 Å². The van der Waals surface area contributed by atoms with Gasteiger partial charge in [-0.25, -0.2) is 0 Å². The van der Waals surface area contributed by atoms with E-state index in [0.29, 0.717) is 32.8 Å². The van der Waals surface area contributed by atoms with E-state index in [4.69, 9.17) is 9.47 Å². The largest absolute Gasteiger partial charge is 0.493 e. The topological polar surface area (TPSA) is 67.8 Å². The van der Waals surface area contributed by atoms with Crippen molar-refractivity contribution in [3.05, 3.63) is 88.1 Å². The molecular formula is C25H26NO4SY-. The summed E-state index contributed by atoms with van der Waals surface area (Å²) in [6.45, 7) is 1.90. The Morgan fingerprint density at radius 2 is 1.88 bits per heavy atom. The van der Waals surface area contributed by atoms with Crippen molar-refractivity contribution >= 4 is 17.2 Å². The van der Waals surface area contributed by atoms with Crippen molar-refractivity contribution < 1.29 is 52.1 Å². The fraction of sp³-hybridized carbons (Fsp3) is 0.320. The van der Waals surface area contributed by atoms with Gasteiger partial charge in [0.2, 0.25) is 5.91 Å². The molecule has 1 aliphatic heterocycles. The van der Waals surface area contributed by atoms with Crippen molar-refractivity contribution in [3.8, 4) is 5.75 Å². The number of thiophene rings is 1. The number of benzene rings is 2. The number of amides is 1. The predicted molar refractivity (Wildman–Crippen MR) is 120 cm³/mol. The third kappa shape index (κ3) is 6.96. The minimum Gasteiger partial charge on any atom is -0.493 e. The first-order valence-electron chi connectivity index (χ1n) is 10.4. The smallest absolute Gasteiger partial charge is 0.225 e. The second-order valence-corrected chi connectivity index (χ2v) is 8.70. The summed E-state index contributed by atoms with van der Waals surface area (Å²) in [5.74, 6) is 0.594. The van der Waals surface area contributed by atoms with Crippen molar-refractivity contribution in [2.75, 3.05) is 19.8 Å². The molecule has 0 spiro atoms. The Balaban J connectivity index is 0.00000289. The van der Waals surface area contributed by atoms with Gasteiger partial charge in [0, 0.05) is 58.2 Å². The van der Waals surface area contributed by atoms with E-state index in [0.717, 1.165) is 21.8 Å². The van der Waals surface area contributed by atoms with Gasteiger partial charge in [0.1, 0.15) is 5.75 Å². The van der Waals surface area contributed by atoms with Gasteiger partial charge >= 0.3 is 0 Å². The van der Waals surface area contributed by atoms with Crippen molar-refractivity contribution in [2.24, 2.45) is 11.8 Å². The van der Waals surface area contributed by atoms with Crippen molar-refractivity contribution in [3.63, 3.8) is 0 Å². The maximum Gasteiger partial charge on any atom is 0.225 e. The van der Waals surface area contributed by atoms with Crippen LogP contribution in [0.15, 0.2) is 66.7 Å². The summed E-state index contributed by atoms with van der Waals surface area (Å²) >= 11 is 1.52. The maximum atomic E-state index is 12.2. The van der Waals surface area contributed by atoms with Crippen LogP contribution in [-0.4, -0.2) is 30.8 Å². The van der Waals surface area contributed by atoms with Gasteiger partial charge in [0.05, 0.1) is 25.2 Å². The number of carbonyl (C=O) groups excluding carboxylic acids is 1. The Bertz CT molecular complexity index is 950. The molecule has 3 atom stereocenters. The Morgan fingerprint density at radius 1 is 1.09 bits per heavy atom. The molecule has 0 saturated carbocycles. The Morgan fingerprint density at radius 3 is 2.59 bits per heavy atom. The summed E-state index contributed by atoms with van der Waals surface area (Å²) in [6, 6.07) is 21.3. The molecule has 32 heavy (non-hydrogen) atoms. The van der Waals surface area contributed by atoms with Gasteiger partial charge in [-0.15, -0.1) is 10.3 Å². The average Bonchev–Trinajstić information content (AvgIpc) is 3.44. The average molecular weight is 525 g/mol. The first-order chi connectivity index (χ1) is 15.2.